The van der Waals surface area contributed by atoms with E-state index in [0.29, 0.717) is 17.6 Å². The number of aromatic amines is 1. The predicted molar refractivity (Wildman–Crippen MR) is 144 cm³/mol. The van der Waals surface area contributed by atoms with Crippen molar-refractivity contribution in [1.29, 1.82) is 0 Å². The van der Waals surface area contributed by atoms with E-state index >= 15 is 0 Å². The third kappa shape index (κ3) is 5.30. The van der Waals surface area contributed by atoms with Gasteiger partial charge in [-0.15, -0.1) is 0 Å². The van der Waals surface area contributed by atoms with E-state index in [0.717, 1.165) is 61.8 Å². The number of aromatic nitrogens is 1. The van der Waals surface area contributed by atoms with Gasteiger partial charge in [0.1, 0.15) is 11.2 Å². The van der Waals surface area contributed by atoms with Crippen molar-refractivity contribution in [2.75, 3.05) is 7.05 Å². The summed E-state index contributed by atoms with van der Waals surface area (Å²) in [5.41, 5.74) is 6.98. The molecule has 2 aromatic rings. The summed E-state index contributed by atoms with van der Waals surface area (Å²) < 4.78 is 0. The van der Waals surface area contributed by atoms with E-state index in [4.69, 9.17) is 10.7 Å². The van der Waals surface area contributed by atoms with Crippen LogP contribution in [0.3, 0.4) is 0 Å². The summed E-state index contributed by atoms with van der Waals surface area (Å²) in [6.07, 6.45) is 14.4. The second-order valence-corrected chi connectivity index (χ2v) is 11.4. The van der Waals surface area contributed by atoms with E-state index in [1.54, 1.807) is 11.9 Å². The van der Waals surface area contributed by atoms with Crippen molar-refractivity contribution in [2.45, 2.75) is 95.1 Å². The Balaban J connectivity index is 1.22. The molecule has 0 spiro atoms. The molecule has 0 radical (unpaired) electrons. The van der Waals surface area contributed by atoms with E-state index in [2.05, 4.69) is 10.3 Å². The quantitative estimate of drug-likeness (QED) is 0.477. The second kappa shape index (κ2) is 10.7. The Bertz CT molecular complexity index is 1080. The highest BCUT2D eigenvalue weighted by molar-refractivity contribution is 6.06. The first-order chi connectivity index (χ1) is 17.4. The van der Waals surface area contributed by atoms with Gasteiger partial charge in [-0.05, 0) is 49.7 Å². The molecule has 2 heterocycles. The zero-order chi connectivity index (χ0) is 25.1. The molecule has 0 saturated heterocycles. The zero-order valence-corrected chi connectivity index (χ0v) is 21.6. The number of benzene rings is 1. The minimum Gasteiger partial charge on any atom is -0.369 e. The van der Waals surface area contributed by atoms with Crippen LogP contribution in [0.25, 0.3) is 10.9 Å². The maximum absolute atomic E-state index is 13.4. The van der Waals surface area contributed by atoms with Crippen LogP contribution in [0.5, 0.6) is 0 Å². The molecular weight excluding hydrogens is 450 g/mol. The topological polar surface area (TPSA) is 104 Å². The predicted octanol–water partition coefficient (Wildman–Crippen LogP) is 5.12. The van der Waals surface area contributed by atoms with Crippen LogP contribution in [0.1, 0.15) is 94.0 Å². The zero-order valence-electron chi connectivity index (χ0n) is 21.6. The van der Waals surface area contributed by atoms with Crippen LogP contribution in [0, 0.1) is 11.8 Å². The molecule has 4 N–H and O–H groups in total. The van der Waals surface area contributed by atoms with E-state index in [1.807, 2.05) is 30.3 Å². The number of nitrogens with zero attached hydrogens (tertiary/aromatic N) is 2. The number of amides is 2. The van der Waals surface area contributed by atoms with Crippen LogP contribution in [0.15, 0.2) is 35.3 Å². The fourth-order valence-corrected chi connectivity index (χ4v) is 6.86. The van der Waals surface area contributed by atoms with Gasteiger partial charge in [-0.3, -0.25) is 14.5 Å². The van der Waals surface area contributed by atoms with Crippen molar-refractivity contribution in [3.8, 4) is 0 Å². The average molecular weight is 492 g/mol. The van der Waals surface area contributed by atoms with Crippen molar-refractivity contribution < 1.29 is 9.59 Å². The normalized spacial score (nSPS) is 27.4. The minimum absolute atomic E-state index is 0.0490. The molecule has 2 aliphatic carbocycles. The number of hydrogen-bond acceptors (Lipinski definition) is 4. The van der Waals surface area contributed by atoms with Gasteiger partial charge in [0.15, 0.2) is 5.96 Å². The van der Waals surface area contributed by atoms with Gasteiger partial charge in [-0.2, -0.15) is 0 Å². The van der Waals surface area contributed by atoms with Crippen molar-refractivity contribution in [2.24, 2.45) is 22.6 Å². The number of carbonyl (C=O) groups is 2. The number of H-pyrrole nitrogens is 1. The Hall–Kier alpha value is -2.83. The molecule has 0 bridgehead atoms. The molecule has 7 nitrogen and oxygen atoms in total. The number of para-hydroxylation sites is 1. The van der Waals surface area contributed by atoms with Crippen molar-refractivity contribution >= 4 is 28.7 Å². The lowest BCUT2D eigenvalue weighted by atomic mass is 9.75. The summed E-state index contributed by atoms with van der Waals surface area (Å²) in [7, 11) is 1.74. The SMILES string of the molecule is CN1C(=O)[C@@](CCCC2CCCCC2)(C[C@H]2CCC[C@@H](NC(=O)c3cc4ccccc4[nH]3)C2)N=C1N. The second-order valence-electron chi connectivity index (χ2n) is 11.4. The number of carbonyl (C=O) groups excluding carboxylic acids is 2. The Kier molecular flexibility index (Phi) is 7.35. The Morgan fingerprint density at radius 3 is 2.67 bits per heavy atom. The highest BCUT2D eigenvalue weighted by Gasteiger charge is 2.47. The number of rotatable bonds is 8. The highest BCUT2D eigenvalue weighted by atomic mass is 16.2. The number of likely N-dealkylation sites (N-methyl/N-ethyl adjacent to an activating group) is 1. The van der Waals surface area contributed by atoms with Crippen LogP contribution >= 0.6 is 0 Å². The summed E-state index contributed by atoms with van der Waals surface area (Å²) in [6, 6.07) is 9.96. The number of guanidine groups is 1. The molecule has 36 heavy (non-hydrogen) atoms. The summed E-state index contributed by atoms with van der Waals surface area (Å²) in [5.74, 6) is 1.47. The van der Waals surface area contributed by atoms with Gasteiger partial charge >= 0.3 is 0 Å². The Labute approximate surface area is 214 Å². The molecule has 3 aliphatic rings. The largest absolute Gasteiger partial charge is 0.369 e. The highest BCUT2D eigenvalue weighted by Crippen LogP contribution is 2.39. The number of nitrogens with two attached hydrogens (primary N) is 1. The Morgan fingerprint density at radius 1 is 1.14 bits per heavy atom. The molecule has 2 amide bonds. The third-order valence-corrected chi connectivity index (χ3v) is 8.82. The lowest BCUT2D eigenvalue weighted by Gasteiger charge is -2.35. The van der Waals surface area contributed by atoms with Crippen molar-refractivity contribution in [3.05, 3.63) is 36.0 Å². The van der Waals surface area contributed by atoms with Crippen molar-refractivity contribution in [1.82, 2.24) is 15.2 Å². The Morgan fingerprint density at radius 2 is 1.92 bits per heavy atom. The molecule has 2 saturated carbocycles. The van der Waals surface area contributed by atoms with E-state index < -0.39 is 5.54 Å². The van der Waals surface area contributed by atoms with Crippen LogP contribution in [0.2, 0.25) is 0 Å². The smallest absolute Gasteiger partial charge is 0.267 e. The number of aliphatic imine (C=N–C) groups is 1. The average Bonchev–Trinajstić information content (AvgIpc) is 3.41. The third-order valence-electron chi connectivity index (χ3n) is 8.82. The maximum atomic E-state index is 13.4. The summed E-state index contributed by atoms with van der Waals surface area (Å²) in [6.45, 7) is 0. The molecule has 1 aromatic heterocycles. The van der Waals surface area contributed by atoms with Gasteiger partial charge in [-0.25, -0.2) is 4.99 Å². The lowest BCUT2D eigenvalue weighted by molar-refractivity contribution is -0.131. The molecular formula is C29H41N5O2. The first kappa shape index (κ1) is 24.8. The molecule has 7 heteroatoms. The van der Waals surface area contributed by atoms with Gasteiger partial charge in [-0.1, -0.05) is 76.0 Å². The van der Waals surface area contributed by atoms with E-state index in [9.17, 15) is 9.59 Å². The molecule has 2 fully saturated rings. The number of nitrogens with one attached hydrogen (secondary N) is 2. The van der Waals surface area contributed by atoms with Crippen molar-refractivity contribution in [3.63, 3.8) is 0 Å². The monoisotopic (exact) mass is 491 g/mol. The molecule has 3 atom stereocenters. The molecule has 1 aromatic carbocycles. The number of hydrogen-bond donors (Lipinski definition) is 3. The fraction of sp³-hybridized carbons (Fsp3) is 0.621. The first-order valence-corrected chi connectivity index (χ1v) is 14.0. The summed E-state index contributed by atoms with van der Waals surface area (Å²) >= 11 is 0. The van der Waals surface area contributed by atoms with E-state index in [-0.39, 0.29) is 17.9 Å². The van der Waals surface area contributed by atoms with Crippen LogP contribution in [0.4, 0.5) is 0 Å². The molecule has 5 rings (SSSR count). The van der Waals surface area contributed by atoms with Gasteiger partial charge in [0.2, 0.25) is 0 Å². The van der Waals surface area contributed by atoms with Gasteiger partial charge < -0.3 is 16.0 Å². The van der Waals surface area contributed by atoms with Crippen LogP contribution in [-0.4, -0.2) is 46.3 Å². The summed E-state index contributed by atoms with van der Waals surface area (Å²) in [5, 5.41) is 4.29. The molecule has 194 valence electrons. The summed E-state index contributed by atoms with van der Waals surface area (Å²) in [4.78, 5) is 35.9. The van der Waals surface area contributed by atoms with Gasteiger partial charge in [0.25, 0.3) is 11.8 Å². The first-order valence-electron chi connectivity index (χ1n) is 14.0. The van der Waals surface area contributed by atoms with Gasteiger partial charge in [0, 0.05) is 24.0 Å². The fourth-order valence-electron chi connectivity index (χ4n) is 6.86. The van der Waals surface area contributed by atoms with Gasteiger partial charge in [0.05, 0.1) is 0 Å². The van der Waals surface area contributed by atoms with E-state index in [1.165, 1.54) is 38.5 Å². The van der Waals surface area contributed by atoms with Crippen LogP contribution < -0.4 is 11.1 Å². The lowest BCUT2D eigenvalue weighted by Crippen LogP contribution is -2.45. The standard InChI is InChI=1S/C29H41N5O2/c1-34-27(36)29(33-28(34)30,16-8-12-20-9-3-2-4-10-20)19-21-11-7-14-23(17-21)31-26(35)25-18-22-13-5-6-15-24(22)32-25/h5-6,13,15,18,20-21,23,32H,2-4,7-12,14,16-17,19H2,1H3,(H2,30,33)(H,31,35)/t21-,23+,29+/m0/s1. The number of fused-ring (bicyclic) bond motifs is 1. The minimum atomic E-state index is -0.735. The molecule has 1 aliphatic heterocycles. The van der Waals surface area contributed by atoms with Crippen LogP contribution in [-0.2, 0) is 4.79 Å². The maximum Gasteiger partial charge on any atom is 0.267 e. The molecule has 0 unspecified atom stereocenters.